The summed E-state index contributed by atoms with van der Waals surface area (Å²) in [5, 5.41) is 3.50. The van der Waals surface area contributed by atoms with Crippen molar-refractivity contribution >= 4 is 23.3 Å². The average Bonchev–Trinajstić information content (AvgIpc) is 2.74. The van der Waals surface area contributed by atoms with Gasteiger partial charge in [-0.05, 0) is 18.8 Å². The highest BCUT2D eigenvalue weighted by atomic mass is 35.5. The Hall–Kier alpha value is -1.36. The van der Waals surface area contributed by atoms with Gasteiger partial charge in [-0.15, -0.1) is 0 Å². The maximum absolute atomic E-state index is 11.4. The summed E-state index contributed by atoms with van der Waals surface area (Å²) < 4.78 is 0. The molecule has 18 heavy (non-hydrogen) atoms. The van der Waals surface area contributed by atoms with Crippen LogP contribution in [0, 0.1) is 18.8 Å². The molecule has 2 aliphatic rings. The Labute approximate surface area is 111 Å². The van der Waals surface area contributed by atoms with Crippen molar-refractivity contribution in [3.8, 4) is 0 Å². The summed E-state index contributed by atoms with van der Waals surface area (Å²) in [7, 11) is 0. The Kier molecular flexibility index (Phi) is 2.86. The summed E-state index contributed by atoms with van der Waals surface area (Å²) in [4.78, 5) is 22.0. The largest absolute Gasteiger partial charge is 0.356 e. The Balaban J connectivity index is 1.82. The first-order valence-corrected chi connectivity index (χ1v) is 6.52. The number of carbonyl (C=O) groups is 1. The van der Waals surface area contributed by atoms with E-state index < -0.39 is 0 Å². The van der Waals surface area contributed by atoms with E-state index in [4.69, 9.17) is 11.6 Å². The van der Waals surface area contributed by atoms with Gasteiger partial charge in [-0.3, -0.25) is 4.79 Å². The molecule has 2 aliphatic heterocycles. The Morgan fingerprint density at radius 2 is 2.22 bits per heavy atom. The van der Waals surface area contributed by atoms with E-state index in [1.54, 1.807) is 6.20 Å². The molecule has 0 saturated carbocycles. The zero-order valence-electron chi connectivity index (χ0n) is 10.2. The molecule has 0 bridgehead atoms. The molecule has 1 aromatic heterocycles. The molecule has 6 heteroatoms. The number of rotatable bonds is 1. The van der Waals surface area contributed by atoms with Crippen LogP contribution in [0.5, 0.6) is 0 Å². The van der Waals surface area contributed by atoms with Gasteiger partial charge in [0.15, 0.2) is 5.82 Å². The van der Waals surface area contributed by atoms with Gasteiger partial charge in [0, 0.05) is 26.1 Å². The van der Waals surface area contributed by atoms with Crippen molar-refractivity contribution < 1.29 is 4.79 Å². The van der Waals surface area contributed by atoms with E-state index in [-0.39, 0.29) is 5.91 Å². The van der Waals surface area contributed by atoms with Crippen molar-refractivity contribution in [2.45, 2.75) is 13.3 Å². The van der Waals surface area contributed by atoms with Crippen LogP contribution in [-0.2, 0) is 4.79 Å². The molecular formula is C12H15ClN4O. The van der Waals surface area contributed by atoms with E-state index in [2.05, 4.69) is 20.2 Å². The minimum Gasteiger partial charge on any atom is -0.356 e. The molecule has 1 N–H and O–H groups in total. The van der Waals surface area contributed by atoms with Crippen LogP contribution >= 0.6 is 11.6 Å². The normalized spacial score (nSPS) is 27.0. The van der Waals surface area contributed by atoms with Gasteiger partial charge < -0.3 is 10.2 Å². The summed E-state index contributed by atoms with van der Waals surface area (Å²) in [6.45, 7) is 4.38. The molecule has 3 rings (SSSR count). The number of fused-ring (bicyclic) bond motifs is 1. The fraction of sp³-hybridized carbons (Fsp3) is 0.583. The van der Waals surface area contributed by atoms with Gasteiger partial charge in [0.25, 0.3) is 0 Å². The summed E-state index contributed by atoms with van der Waals surface area (Å²) in [5.41, 5.74) is 0. The zero-order chi connectivity index (χ0) is 12.7. The lowest BCUT2D eigenvalue weighted by atomic mass is 9.89. The molecule has 3 heterocycles. The van der Waals surface area contributed by atoms with Crippen LogP contribution in [-0.4, -0.2) is 35.5 Å². The van der Waals surface area contributed by atoms with Gasteiger partial charge in [0.05, 0.1) is 6.20 Å². The molecular weight excluding hydrogens is 252 g/mol. The van der Waals surface area contributed by atoms with Gasteiger partial charge in [0.2, 0.25) is 5.91 Å². The Morgan fingerprint density at radius 3 is 3.06 bits per heavy atom. The first-order chi connectivity index (χ1) is 8.63. The SMILES string of the molecule is Cc1ncc(Cl)c(N2C[C@H]3CC(=O)NC[C@H]3C2)n1. The van der Waals surface area contributed by atoms with E-state index in [0.29, 0.717) is 23.3 Å². The van der Waals surface area contributed by atoms with Crippen molar-refractivity contribution in [2.24, 2.45) is 11.8 Å². The highest BCUT2D eigenvalue weighted by Gasteiger charge is 2.38. The summed E-state index contributed by atoms with van der Waals surface area (Å²) in [5.74, 6) is 2.60. The molecule has 96 valence electrons. The minimum atomic E-state index is 0.156. The quantitative estimate of drug-likeness (QED) is 0.824. The van der Waals surface area contributed by atoms with E-state index in [9.17, 15) is 4.79 Å². The van der Waals surface area contributed by atoms with Crippen molar-refractivity contribution in [3.05, 3.63) is 17.0 Å². The third-order valence-corrected chi connectivity index (χ3v) is 4.00. The standard InChI is InChI=1S/C12H15ClN4O/c1-7-14-4-10(13)12(16-7)17-5-8-2-11(18)15-3-9(8)6-17/h4,8-9H,2-3,5-6H2,1H3,(H,15,18)/t8-,9+/m1/s1. The Bertz CT molecular complexity index is 493. The van der Waals surface area contributed by atoms with Crippen molar-refractivity contribution in [1.82, 2.24) is 15.3 Å². The molecule has 0 unspecified atom stereocenters. The number of halogens is 1. The third kappa shape index (κ3) is 2.03. The van der Waals surface area contributed by atoms with Crippen molar-refractivity contribution in [3.63, 3.8) is 0 Å². The number of nitrogens with one attached hydrogen (secondary N) is 1. The maximum Gasteiger partial charge on any atom is 0.220 e. The van der Waals surface area contributed by atoms with E-state index >= 15 is 0 Å². The van der Waals surface area contributed by atoms with Gasteiger partial charge in [-0.25, -0.2) is 9.97 Å². The maximum atomic E-state index is 11.4. The van der Waals surface area contributed by atoms with Gasteiger partial charge in [-0.1, -0.05) is 11.6 Å². The predicted molar refractivity (Wildman–Crippen MR) is 68.6 cm³/mol. The molecule has 5 nitrogen and oxygen atoms in total. The van der Waals surface area contributed by atoms with Crippen LogP contribution < -0.4 is 10.2 Å². The first kappa shape index (κ1) is 11.7. The topological polar surface area (TPSA) is 58.1 Å². The monoisotopic (exact) mass is 266 g/mol. The van der Waals surface area contributed by atoms with Crippen LogP contribution in [0.2, 0.25) is 5.02 Å². The molecule has 2 saturated heterocycles. The van der Waals surface area contributed by atoms with Crippen LogP contribution in [0.1, 0.15) is 12.2 Å². The van der Waals surface area contributed by atoms with E-state index in [1.165, 1.54) is 0 Å². The lowest BCUT2D eigenvalue weighted by Crippen LogP contribution is -2.39. The number of hydrogen-bond acceptors (Lipinski definition) is 4. The second kappa shape index (κ2) is 4.39. The van der Waals surface area contributed by atoms with E-state index in [0.717, 1.165) is 31.3 Å². The number of piperidine rings is 1. The summed E-state index contributed by atoms with van der Waals surface area (Å²) in [6, 6.07) is 0. The smallest absolute Gasteiger partial charge is 0.220 e. The minimum absolute atomic E-state index is 0.156. The number of aryl methyl sites for hydroxylation is 1. The first-order valence-electron chi connectivity index (χ1n) is 6.14. The summed E-state index contributed by atoms with van der Waals surface area (Å²) >= 11 is 6.15. The van der Waals surface area contributed by atoms with Crippen LogP contribution in [0.25, 0.3) is 0 Å². The number of hydrogen-bond donors (Lipinski definition) is 1. The average molecular weight is 267 g/mol. The molecule has 1 aromatic rings. The second-order valence-electron chi connectivity index (χ2n) is 5.02. The van der Waals surface area contributed by atoms with Gasteiger partial charge >= 0.3 is 0 Å². The van der Waals surface area contributed by atoms with Gasteiger partial charge in [0.1, 0.15) is 10.8 Å². The van der Waals surface area contributed by atoms with Gasteiger partial charge in [-0.2, -0.15) is 0 Å². The molecule has 1 amide bonds. The van der Waals surface area contributed by atoms with Crippen LogP contribution in [0.4, 0.5) is 5.82 Å². The fourth-order valence-corrected chi connectivity index (χ4v) is 3.01. The molecule has 0 aromatic carbocycles. The zero-order valence-corrected chi connectivity index (χ0v) is 10.9. The van der Waals surface area contributed by atoms with Crippen LogP contribution in [0.3, 0.4) is 0 Å². The summed E-state index contributed by atoms with van der Waals surface area (Å²) in [6.07, 6.45) is 2.26. The molecule has 0 radical (unpaired) electrons. The van der Waals surface area contributed by atoms with Crippen molar-refractivity contribution in [1.29, 1.82) is 0 Å². The Morgan fingerprint density at radius 1 is 1.44 bits per heavy atom. The number of nitrogens with zero attached hydrogens (tertiary/aromatic N) is 3. The molecule has 0 spiro atoms. The third-order valence-electron chi connectivity index (χ3n) is 3.73. The molecule has 2 atom stereocenters. The predicted octanol–water partition coefficient (Wildman–Crippen LogP) is 1.01. The molecule has 0 aliphatic carbocycles. The highest BCUT2D eigenvalue weighted by Crippen LogP contribution is 2.33. The number of anilines is 1. The number of carbonyl (C=O) groups excluding carboxylic acids is 1. The lowest BCUT2D eigenvalue weighted by molar-refractivity contribution is -0.124. The second-order valence-corrected chi connectivity index (χ2v) is 5.43. The highest BCUT2D eigenvalue weighted by molar-refractivity contribution is 6.32. The fourth-order valence-electron chi connectivity index (χ4n) is 2.79. The molecule has 2 fully saturated rings. The lowest BCUT2D eigenvalue weighted by Gasteiger charge is -2.23. The number of amides is 1. The van der Waals surface area contributed by atoms with Crippen molar-refractivity contribution in [2.75, 3.05) is 24.5 Å². The van der Waals surface area contributed by atoms with E-state index in [1.807, 2.05) is 6.92 Å². The van der Waals surface area contributed by atoms with Crippen LogP contribution in [0.15, 0.2) is 6.20 Å². The number of aromatic nitrogens is 2.